The number of fused-ring (bicyclic) bond motifs is 1. The highest BCUT2D eigenvalue weighted by molar-refractivity contribution is 5.97. The quantitative estimate of drug-likeness (QED) is 0.840. The van der Waals surface area contributed by atoms with Gasteiger partial charge in [0.15, 0.2) is 0 Å². The summed E-state index contributed by atoms with van der Waals surface area (Å²) < 4.78 is 7.22. The summed E-state index contributed by atoms with van der Waals surface area (Å²) in [5, 5.41) is 2.98. The molecule has 2 fully saturated rings. The van der Waals surface area contributed by atoms with Crippen LogP contribution in [0.5, 0.6) is 0 Å². The molecule has 7 heteroatoms. The van der Waals surface area contributed by atoms with Crippen LogP contribution in [-0.4, -0.2) is 59.8 Å². The number of hydrogen-bond donors (Lipinski definition) is 2. The van der Waals surface area contributed by atoms with Gasteiger partial charge in [0.25, 0.3) is 5.91 Å². The monoisotopic (exact) mass is 372 g/mol. The van der Waals surface area contributed by atoms with Crippen molar-refractivity contribution in [1.29, 1.82) is 0 Å². The second-order valence-electron chi connectivity index (χ2n) is 7.53. The minimum Gasteiger partial charge on any atom is -0.379 e. The third-order valence-corrected chi connectivity index (χ3v) is 5.74. The van der Waals surface area contributed by atoms with Gasteiger partial charge in [-0.25, -0.2) is 4.79 Å². The van der Waals surface area contributed by atoms with E-state index in [2.05, 4.69) is 15.2 Å². The maximum absolute atomic E-state index is 12.5. The molecule has 0 atom stereocenters. The number of nitrogens with one attached hydrogen (secondary N) is 2. The maximum atomic E-state index is 12.5. The average molecular weight is 372 g/mol. The van der Waals surface area contributed by atoms with Crippen LogP contribution in [-0.2, 0) is 4.74 Å². The van der Waals surface area contributed by atoms with Crippen LogP contribution in [0.2, 0.25) is 0 Å². The van der Waals surface area contributed by atoms with Crippen molar-refractivity contribution in [2.45, 2.75) is 38.1 Å². The Labute approximate surface area is 158 Å². The summed E-state index contributed by atoms with van der Waals surface area (Å²) in [5.41, 5.74) is 2.16. The van der Waals surface area contributed by atoms with Gasteiger partial charge < -0.3 is 15.0 Å². The topological polar surface area (TPSA) is 79.4 Å². The molecule has 1 saturated heterocycles. The molecule has 146 valence electrons. The van der Waals surface area contributed by atoms with E-state index < -0.39 is 0 Å². The fraction of sp³-hybridized carbons (Fsp3) is 0.600. The molecule has 4 rings (SSSR count). The number of imidazole rings is 1. The van der Waals surface area contributed by atoms with Gasteiger partial charge in [0.2, 0.25) is 0 Å². The van der Waals surface area contributed by atoms with Gasteiger partial charge in [0, 0.05) is 37.8 Å². The van der Waals surface area contributed by atoms with Crippen molar-refractivity contribution in [3.05, 3.63) is 34.2 Å². The Morgan fingerprint density at radius 2 is 1.96 bits per heavy atom. The maximum Gasteiger partial charge on any atom is 0.326 e. The number of nitrogens with zero attached hydrogens (tertiary/aromatic N) is 2. The predicted molar refractivity (Wildman–Crippen MR) is 104 cm³/mol. The highest BCUT2D eigenvalue weighted by atomic mass is 16.5. The summed E-state index contributed by atoms with van der Waals surface area (Å²) in [5.74, 6) is -0.101. The van der Waals surface area contributed by atoms with E-state index in [9.17, 15) is 9.59 Å². The highest BCUT2D eigenvalue weighted by Crippen LogP contribution is 2.29. The van der Waals surface area contributed by atoms with Gasteiger partial charge in [-0.2, -0.15) is 0 Å². The van der Waals surface area contributed by atoms with Gasteiger partial charge in [-0.3, -0.25) is 14.3 Å². The van der Waals surface area contributed by atoms with Crippen LogP contribution in [0.15, 0.2) is 23.0 Å². The predicted octanol–water partition coefficient (Wildman–Crippen LogP) is 1.90. The van der Waals surface area contributed by atoms with E-state index in [1.54, 1.807) is 6.07 Å². The summed E-state index contributed by atoms with van der Waals surface area (Å²) in [6.07, 6.45) is 5.70. The number of benzene rings is 1. The van der Waals surface area contributed by atoms with Crippen molar-refractivity contribution < 1.29 is 9.53 Å². The molecule has 1 aliphatic carbocycles. The molecule has 1 aliphatic heterocycles. The number of aromatic amines is 1. The van der Waals surface area contributed by atoms with E-state index in [0.29, 0.717) is 12.1 Å². The lowest BCUT2D eigenvalue weighted by atomic mass is 9.95. The SMILES string of the molecule is O=C(NCCN1CCOCC1)c1ccc2c(c1)[nH]c(=O)n2C1CCCCC1. The van der Waals surface area contributed by atoms with Crippen LogP contribution in [0.4, 0.5) is 0 Å². The molecular formula is C20H28N4O3. The number of morpholine rings is 1. The molecule has 7 nitrogen and oxygen atoms in total. The largest absolute Gasteiger partial charge is 0.379 e. The molecule has 2 N–H and O–H groups in total. The van der Waals surface area contributed by atoms with E-state index in [1.807, 2.05) is 16.7 Å². The summed E-state index contributed by atoms with van der Waals surface area (Å²) in [6, 6.07) is 5.78. The van der Waals surface area contributed by atoms with Gasteiger partial charge in [0.05, 0.1) is 24.2 Å². The number of ether oxygens (including phenoxy) is 1. The second kappa shape index (κ2) is 8.27. The Morgan fingerprint density at radius 1 is 1.19 bits per heavy atom. The molecule has 1 amide bonds. The van der Waals surface area contributed by atoms with Crippen LogP contribution in [0, 0.1) is 0 Å². The minimum atomic E-state index is -0.101. The Balaban J connectivity index is 1.43. The molecule has 2 aromatic rings. The third kappa shape index (κ3) is 4.09. The Bertz CT molecular complexity index is 845. The molecular weight excluding hydrogens is 344 g/mol. The zero-order valence-corrected chi connectivity index (χ0v) is 15.7. The lowest BCUT2D eigenvalue weighted by Gasteiger charge is -2.26. The van der Waals surface area contributed by atoms with Gasteiger partial charge in [-0.15, -0.1) is 0 Å². The summed E-state index contributed by atoms with van der Waals surface area (Å²) in [6.45, 7) is 4.78. The molecule has 0 radical (unpaired) electrons. The van der Waals surface area contributed by atoms with Gasteiger partial charge >= 0.3 is 5.69 Å². The standard InChI is InChI=1S/C20H28N4O3/c25-19(21-8-9-23-10-12-27-13-11-23)15-6-7-18-17(14-15)22-20(26)24(18)16-4-2-1-3-5-16/h6-7,14,16H,1-5,8-13H2,(H,21,25)(H,22,26). The molecule has 1 aromatic carbocycles. The van der Waals surface area contributed by atoms with Crippen molar-refractivity contribution in [3.63, 3.8) is 0 Å². The summed E-state index contributed by atoms with van der Waals surface area (Å²) >= 11 is 0. The lowest BCUT2D eigenvalue weighted by molar-refractivity contribution is 0.0383. The Kier molecular flexibility index (Phi) is 5.59. The lowest BCUT2D eigenvalue weighted by Crippen LogP contribution is -2.41. The minimum absolute atomic E-state index is 0.0678. The summed E-state index contributed by atoms with van der Waals surface area (Å²) in [4.78, 5) is 30.1. The first-order chi connectivity index (χ1) is 13.2. The fourth-order valence-electron chi connectivity index (χ4n) is 4.23. The molecule has 1 saturated carbocycles. The third-order valence-electron chi connectivity index (χ3n) is 5.74. The van der Waals surface area contributed by atoms with Gasteiger partial charge in [0.1, 0.15) is 0 Å². The van der Waals surface area contributed by atoms with Crippen LogP contribution in [0.3, 0.4) is 0 Å². The van der Waals surface area contributed by atoms with E-state index in [1.165, 1.54) is 19.3 Å². The van der Waals surface area contributed by atoms with Crippen molar-refractivity contribution in [3.8, 4) is 0 Å². The molecule has 1 aromatic heterocycles. The number of aromatic nitrogens is 2. The first-order valence-electron chi connectivity index (χ1n) is 10.0. The van der Waals surface area contributed by atoms with Crippen molar-refractivity contribution in [1.82, 2.24) is 19.8 Å². The molecule has 0 unspecified atom stereocenters. The van der Waals surface area contributed by atoms with Gasteiger partial charge in [-0.05, 0) is 31.0 Å². The van der Waals surface area contributed by atoms with Crippen LogP contribution < -0.4 is 11.0 Å². The highest BCUT2D eigenvalue weighted by Gasteiger charge is 2.20. The molecule has 2 aliphatic rings. The van der Waals surface area contributed by atoms with E-state index in [0.717, 1.165) is 56.7 Å². The molecule has 0 bridgehead atoms. The fourth-order valence-corrected chi connectivity index (χ4v) is 4.23. The van der Waals surface area contributed by atoms with E-state index in [4.69, 9.17) is 4.74 Å². The Hall–Kier alpha value is -2.12. The summed E-state index contributed by atoms with van der Waals surface area (Å²) in [7, 11) is 0. The molecule has 27 heavy (non-hydrogen) atoms. The number of carbonyl (C=O) groups is 1. The average Bonchev–Trinajstić information content (AvgIpc) is 3.04. The van der Waals surface area contributed by atoms with E-state index in [-0.39, 0.29) is 17.6 Å². The Morgan fingerprint density at radius 3 is 2.74 bits per heavy atom. The van der Waals surface area contributed by atoms with E-state index >= 15 is 0 Å². The number of hydrogen-bond acceptors (Lipinski definition) is 4. The first kappa shape index (κ1) is 18.3. The van der Waals surface area contributed by atoms with Crippen molar-refractivity contribution in [2.75, 3.05) is 39.4 Å². The number of H-pyrrole nitrogens is 1. The molecule has 0 spiro atoms. The normalized spacial score (nSPS) is 19.4. The zero-order chi connectivity index (χ0) is 18.6. The van der Waals surface area contributed by atoms with Crippen molar-refractivity contribution >= 4 is 16.9 Å². The number of rotatable bonds is 5. The van der Waals surface area contributed by atoms with Crippen LogP contribution in [0.25, 0.3) is 11.0 Å². The molecule has 2 heterocycles. The van der Waals surface area contributed by atoms with Gasteiger partial charge in [-0.1, -0.05) is 19.3 Å². The number of amides is 1. The second-order valence-corrected chi connectivity index (χ2v) is 7.53. The van der Waals surface area contributed by atoms with Crippen LogP contribution >= 0.6 is 0 Å². The smallest absolute Gasteiger partial charge is 0.326 e. The first-order valence-corrected chi connectivity index (χ1v) is 10.0. The number of carbonyl (C=O) groups excluding carboxylic acids is 1. The van der Waals surface area contributed by atoms with Crippen molar-refractivity contribution in [2.24, 2.45) is 0 Å². The zero-order valence-electron chi connectivity index (χ0n) is 15.7. The van der Waals surface area contributed by atoms with Crippen LogP contribution in [0.1, 0.15) is 48.5 Å².